The Morgan fingerprint density at radius 1 is 1.29 bits per heavy atom. The summed E-state index contributed by atoms with van der Waals surface area (Å²) >= 11 is 1.77. The minimum absolute atomic E-state index is 0.196. The molecular formula is C21H25N5O4S. The molecule has 3 aromatic rings. The van der Waals surface area contributed by atoms with Crippen molar-refractivity contribution in [3.63, 3.8) is 0 Å². The molecule has 0 amide bonds. The second-order valence-corrected chi connectivity index (χ2v) is 8.78. The van der Waals surface area contributed by atoms with Crippen LogP contribution in [0.4, 0.5) is 5.82 Å². The summed E-state index contributed by atoms with van der Waals surface area (Å²) < 4.78 is 13.0. The number of hydrogen-bond acceptors (Lipinski definition) is 9. The molecule has 0 bridgehead atoms. The van der Waals surface area contributed by atoms with Crippen molar-refractivity contribution < 1.29 is 19.7 Å². The molecule has 3 aromatic heterocycles. The average Bonchev–Trinajstić information content (AvgIpc) is 3.53. The number of allylic oxidation sites excluding steroid dienone is 1. The van der Waals surface area contributed by atoms with Gasteiger partial charge >= 0.3 is 0 Å². The topological polar surface area (TPSA) is 115 Å². The number of rotatable bonds is 6. The van der Waals surface area contributed by atoms with Gasteiger partial charge in [0.05, 0.1) is 12.9 Å². The number of anilines is 1. The summed E-state index contributed by atoms with van der Waals surface area (Å²) in [4.78, 5) is 14.8. The van der Waals surface area contributed by atoms with Crippen molar-refractivity contribution in [2.75, 3.05) is 19.0 Å². The number of aliphatic hydroxyl groups is 2. The molecule has 1 fully saturated rings. The third-order valence-corrected chi connectivity index (χ3v) is 7.07. The predicted octanol–water partition coefficient (Wildman–Crippen LogP) is 2.07. The number of imidazole rings is 1. The van der Waals surface area contributed by atoms with Gasteiger partial charge in [-0.15, -0.1) is 11.3 Å². The highest BCUT2D eigenvalue weighted by Crippen LogP contribution is 2.36. The van der Waals surface area contributed by atoms with Gasteiger partial charge in [0.1, 0.15) is 24.6 Å². The Hall–Kier alpha value is -2.37. The van der Waals surface area contributed by atoms with Gasteiger partial charge in [-0.05, 0) is 24.3 Å². The van der Waals surface area contributed by atoms with Gasteiger partial charge in [-0.25, -0.2) is 15.0 Å². The lowest BCUT2D eigenvalue weighted by Crippen LogP contribution is -2.34. The Bertz CT molecular complexity index is 1060. The van der Waals surface area contributed by atoms with Crippen LogP contribution in [0.15, 0.2) is 42.3 Å². The zero-order valence-electron chi connectivity index (χ0n) is 17.0. The molecule has 3 N–H and O–H groups in total. The van der Waals surface area contributed by atoms with Crippen molar-refractivity contribution in [3.8, 4) is 0 Å². The Morgan fingerprint density at radius 2 is 2.16 bits per heavy atom. The predicted molar refractivity (Wildman–Crippen MR) is 116 cm³/mol. The third-order valence-electron chi connectivity index (χ3n) is 6.06. The number of thiophene rings is 1. The van der Waals surface area contributed by atoms with Gasteiger partial charge in [-0.1, -0.05) is 18.2 Å². The Morgan fingerprint density at radius 3 is 2.94 bits per heavy atom. The normalized spacial score (nSPS) is 30.8. The lowest BCUT2D eigenvalue weighted by Gasteiger charge is -2.29. The second-order valence-electron chi connectivity index (χ2n) is 7.80. The van der Waals surface area contributed by atoms with Crippen LogP contribution in [0.5, 0.6) is 0 Å². The van der Waals surface area contributed by atoms with Gasteiger partial charge in [0, 0.05) is 23.9 Å². The van der Waals surface area contributed by atoms with E-state index in [0.29, 0.717) is 22.9 Å². The maximum Gasteiger partial charge on any atom is 0.167 e. The van der Waals surface area contributed by atoms with Crippen LogP contribution >= 0.6 is 11.3 Å². The number of nitrogens with one attached hydrogen (secondary N) is 1. The summed E-state index contributed by atoms with van der Waals surface area (Å²) in [5.74, 6) is 1.03. The number of aromatic nitrogens is 4. The minimum atomic E-state index is -0.947. The van der Waals surface area contributed by atoms with E-state index in [-0.39, 0.29) is 12.6 Å². The number of nitrogens with zero attached hydrogens (tertiary/aromatic N) is 4. The van der Waals surface area contributed by atoms with Gasteiger partial charge in [0.2, 0.25) is 0 Å². The zero-order chi connectivity index (χ0) is 21.4. The Labute approximate surface area is 183 Å². The van der Waals surface area contributed by atoms with E-state index in [1.807, 2.05) is 0 Å². The van der Waals surface area contributed by atoms with Crippen LogP contribution in [0.3, 0.4) is 0 Å². The lowest BCUT2D eigenvalue weighted by molar-refractivity contribution is -0.0583. The molecule has 0 saturated carbocycles. The molecule has 31 heavy (non-hydrogen) atoms. The van der Waals surface area contributed by atoms with E-state index in [9.17, 15) is 10.2 Å². The third kappa shape index (κ3) is 3.64. The number of fused-ring (bicyclic) bond motifs is 1. The average molecular weight is 444 g/mol. The molecule has 1 aliphatic heterocycles. The van der Waals surface area contributed by atoms with E-state index in [4.69, 9.17) is 9.47 Å². The van der Waals surface area contributed by atoms with Crippen LogP contribution in [0.2, 0.25) is 0 Å². The molecule has 1 saturated heterocycles. The van der Waals surface area contributed by atoms with Crippen LogP contribution in [-0.2, 0) is 9.47 Å². The van der Waals surface area contributed by atoms with E-state index in [1.165, 1.54) is 18.3 Å². The highest BCUT2D eigenvalue weighted by atomic mass is 32.1. The molecule has 1 aliphatic carbocycles. The molecule has 9 nitrogen and oxygen atoms in total. The minimum Gasteiger partial charge on any atom is -0.394 e. The van der Waals surface area contributed by atoms with Gasteiger partial charge in [0.15, 0.2) is 23.2 Å². The summed E-state index contributed by atoms with van der Waals surface area (Å²) in [6.45, 7) is -0.300. The molecule has 10 heteroatoms. The van der Waals surface area contributed by atoms with Gasteiger partial charge in [-0.3, -0.25) is 4.57 Å². The highest BCUT2D eigenvalue weighted by Gasteiger charge is 2.45. The maximum absolute atomic E-state index is 10.4. The monoisotopic (exact) mass is 443 g/mol. The molecule has 4 heterocycles. The molecule has 6 atom stereocenters. The van der Waals surface area contributed by atoms with E-state index in [0.717, 1.165) is 12.8 Å². The molecule has 5 rings (SSSR count). The largest absolute Gasteiger partial charge is 0.394 e. The molecular weight excluding hydrogens is 418 g/mol. The molecule has 0 unspecified atom stereocenters. The van der Waals surface area contributed by atoms with Crippen molar-refractivity contribution in [3.05, 3.63) is 47.2 Å². The fourth-order valence-corrected chi connectivity index (χ4v) is 5.36. The fraction of sp³-hybridized carbons (Fsp3) is 0.476. The van der Waals surface area contributed by atoms with Gasteiger partial charge < -0.3 is 25.0 Å². The summed E-state index contributed by atoms with van der Waals surface area (Å²) in [5.41, 5.74) is 1.21. The van der Waals surface area contributed by atoms with Crippen molar-refractivity contribution >= 4 is 28.3 Å². The van der Waals surface area contributed by atoms with Crippen molar-refractivity contribution in [1.82, 2.24) is 19.5 Å². The summed E-state index contributed by atoms with van der Waals surface area (Å²) in [6, 6.07) is 4.46. The van der Waals surface area contributed by atoms with Crippen molar-refractivity contribution in [1.29, 1.82) is 0 Å². The quantitative estimate of drug-likeness (QED) is 0.496. The SMILES string of the molecule is CO[C@@H]1[C@H](O)[C@@H](CO)O[C@H]1n1cnc2c(N[C@@H]3CC=CC[C@H]3c3cccs3)ncnc21. The summed E-state index contributed by atoms with van der Waals surface area (Å²) in [6.07, 6.45) is 6.45. The molecule has 0 aromatic carbocycles. The van der Waals surface area contributed by atoms with Crippen LogP contribution in [-0.4, -0.2) is 67.8 Å². The number of aliphatic hydroxyl groups excluding tert-OH is 2. The van der Waals surface area contributed by atoms with Crippen LogP contribution < -0.4 is 5.32 Å². The first-order valence-corrected chi connectivity index (χ1v) is 11.2. The van der Waals surface area contributed by atoms with Crippen LogP contribution in [0, 0.1) is 0 Å². The Balaban J connectivity index is 1.45. The number of methoxy groups -OCH3 is 1. The fourth-order valence-electron chi connectivity index (χ4n) is 4.46. The molecule has 2 aliphatic rings. The van der Waals surface area contributed by atoms with Crippen LogP contribution in [0.1, 0.15) is 29.9 Å². The van der Waals surface area contributed by atoms with Crippen molar-refractivity contribution in [2.45, 2.75) is 49.3 Å². The van der Waals surface area contributed by atoms with Gasteiger partial charge in [-0.2, -0.15) is 0 Å². The molecule has 0 radical (unpaired) electrons. The van der Waals surface area contributed by atoms with E-state index in [2.05, 4.69) is 49.9 Å². The second kappa shape index (κ2) is 8.64. The first-order valence-electron chi connectivity index (χ1n) is 10.3. The first-order chi connectivity index (χ1) is 15.2. The highest BCUT2D eigenvalue weighted by molar-refractivity contribution is 7.10. The van der Waals surface area contributed by atoms with Gasteiger partial charge in [0.25, 0.3) is 0 Å². The first kappa shape index (κ1) is 20.5. The lowest BCUT2D eigenvalue weighted by atomic mass is 9.88. The standard InChI is InChI=1S/C21H25N5O4S/c1-29-18-17(28)14(9-27)30-21(18)26-11-24-16-19(22-10-23-20(16)26)25-13-6-3-2-5-12(13)15-7-4-8-31-15/h2-4,7-8,10-14,17-18,21,27-28H,5-6,9H2,1H3,(H,22,23,25)/t12-,13-,14-,17-,18-,21-/m1/s1. The Kier molecular flexibility index (Phi) is 5.72. The van der Waals surface area contributed by atoms with E-state index >= 15 is 0 Å². The van der Waals surface area contributed by atoms with E-state index < -0.39 is 24.5 Å². The number of ether oxygens (including phenoxy) is 2. The summed E-state index contributed by atoms with van der Waals surface area (Å²) in [5, 5.41) is 25.6. The molecule has 0 spiro atoms. The molecule has 164 valence electrons. The van der Waals surface area contributed by atoms with E-state index in [1.54, 1.807) is 22.2 Å². The smallest absolute Gasteiger partial charge is 0.167 e. The number of hydrogen-bond donors (Lipinski definition) is 3. The van der Waals surface area contributed by atoms with Crippen molar-refractivity contribution in [2.24, 2.45) is 0 Å². The zero-order valence-corrected chi connectivity index (χ0v) is 17.9. The van der Waals surface area contributed by atoms with Crippen LogP contribution in [0.25, 0.3) is 11.2 Å². The maximum atomic E-state index is 10.4. The summed E-state index contributed by atoms with van der Waals surface area (Å²) in [7, 11) is 1.51.